The summed E-state index contributed by atoms with van der Waals surface area (Å²) in [6.45, 7) is 4.41. The summed E-state index contributed by atoms with van der Waals surface area (Å²) >= 11 is 0. The standard InChI is InChI=1S/C17H23F3N2O2/c1-12(2)22(14-5-3-4-6-14)11-16(23)21-13-7-9-15(10-8-13)24-17(18,19)20/h7-10,12,14H,3-6,11H2,1-2H3,(H,21,23). The molecule has 1 aromatic carbocycles. The number of halogens is 3. The summed E-state index contributed by atoms with van der Waals surface area (Å²) in [5, 5.41) is 2.72. The highest BCUT2D eigenvalue weighted by Gasteiger charge is 2.31. The number of carbonyl (C=O) groups is 1. The Labute approximate surface area is 140 Å². The predicted molar refractivity (Wildman–Crippen MR) is 85.9 cm³/mol. The van der Waals surface area contributed by atoms with Gasteiger partial charge in [-0.1, -0.05) is 12.8 Å². The Balaban J connectivity index is 1.91. The van der Waals surface area contributed by atoms with E-state index in [0.29, 0.717) is 11.7 Å². The molecule has 0 heterocycles. The summed E-state index contributed by atoms with van der Waals surface area (Å²) in [5.41, 5.74) is 0.449. The molecule has 0 aliphatic heterocycles. The summed E-state index contributed by atoms with van der Waals surface area (Å²) in [4.78, 5) is 14.4. The fraction of sp³-hybridized carbons (Fsp3) is 0.588. The molecule has 24 heavy (non-hydrogen) atoms. The SMILES string of the molecule is CC(C)N(CC(=O)Nc1ccc(OC(F)(F)F)cc1)C1CCCC1. The van der Waals surface area contributed by atoms with Crippen molar-refractivity contribution in [3.05, 3.63) is 24.3 Å². The van der Waals surface area contributed by atoms with Gasteiger partial charge < -0.3 is 10.1 Å². The minimum atomic E-state index is -4.72. The molecule has 0 saturated heterocycles. The minimum absolute atomic E-state index is 0.167. The van der Waals surface area contributed by atoms with Crippen molar-refractivity contribution < 1.29 is 22.7 Å². The number of alkyl halides is 3. The van der Waals surface area contributed by atoms with Crippen molar-refractivity contribution in [2.45, 2.75) is 58.0 Å². The Bertz CT molecular complexity index is 538. The molecule has 0 spiro atoms. The average Bonchev–Trinajstić information content (AvgIpc) is 2.99. The van der Waals surface area contributed by atoms with Crippen molar-refractivity contribution in [2.24, 2.45) is 0 Å². The van der Waals surface area contributed by atoms with Crippen LogP contribution >= 0.6 is 0 Å². The van der Waals surface area contributed by atoms with Gasteiger partial charge in [0.1, 0.15) is 5.75 Å². The van der Waals surface area contributed by atoms with E-state index in [-0.39, 0.29) is 24.2 Å². The summed E-state index contributed by atoms with van der Waals surface area (Å²) < 4.78 is 40.2. The average molecular weight is 344 g/mol. The molecule has 4 nitrogen and oxygen atoms in total. The molecule has 1 amide bonds. The van der Waals surface area contributed by atoms with Gasteiger partial charge in [-0.25, -0.2) is 0 Å². The number of carbonyl (C=O) groups excluding carboxylic acids is 1. The maximum absolute atomic E-state index is 12.2. The second kappa shape index (κ2) is 7.88. The van der Waals surface area contributed by atoms with Crippen LogP contribution in [-0.4, -0.2) is 35.8 Å². The van der Waals surface area contributed by atoms with Crippen LogP contribution in [0.2, 0.25) is 0 Å². The van der Waals surface area contributed by atoms with Crippen LogP contribution in [-0.2, 0) is 4.79 Å². The molecule has 7 heteroatoms. The first-order chi connectivity index (χ1) is 11.2. The van der Waals surface area contributed by atoms with Gasteiger partial charge in [0.05, 0.1) is 6.54 Å². The topological polar surface area (TPSA) is 41.6 Å². The van der Waals surface area contributed by atoms with Crippen molar-refractivity contribution >= 4 is 11.6 Å². The van der Waals surface area contributed by atoms with Crippen LogP contribution in [0.15, 0.2) is 24.3 Å². The first kappa shape index (κ1) is 18.6. The van der Waals surface area contributed by atoms with E-state index in [2.05, 4.69) is 28.8 Å². The Morgan fingerprint density at radius 3 is 2.33 bits per heavy atom. The molecular weight excluding hydrogens is 321 g/mol. The highest BCUT2D eigenvalue weighted by Crippen LogP contribution is 2.26. The third-order valence-electron chi connectivity index (χ3n) is 4.15. The summed E-state index contributed by atoms with van der Waals surface area (Å²) in [7, 11) is 0. The molecule has 0 aromatic heterocycles. The van der Waals surface area contributed by atoms with Crippen LogP contribution < -0.4 is 10.1 Å². The fourth-order valence-electron chi connectivity index (χ4n) is 3.08. The predicted octanol–water partition coefficient (Wildman–Crippen LogP) is 4.18. The number of ether oxygens (including phenoxy) is 1. The smallest absolute Gasteiger partial charge is 0.406 e. The van der Waals surface area contributed by atoms with E-state index in [9.17, 15) is 18.0 Å². The van der Waals surface area contributed by atoms with Gasteiger partial charge in [-0.2, -0.15) is 0 Å². The van der Waals surface area contributed by atoms with Crippen molar-refractivity contribution in [2.75, 3.05) is 11.9 Å². The molecule has 1 fully saturated rings. The van der Waals surface area contributed by atoms with Crippen LogP contribution in [0.1, 0.15) is 39.5 Å². The van der Waals surface area contributed by atoms with Crippen LogP contribution in [0.25, 0.3) is 0 Å². The molecule has 0 atom stereocenters. The Morgan fingerprint density at radius 1 is 1.25 bits per heavy atom. The third kappa shape index (κ3) is 5.70. The van der Waals surface area contributed by atoms with E-state index in [4.69, 9.17) is 0 Å². The first-order valence-electron chi connectivity index (χ1n) is 8.16. The van der Waals surface area contributed by atoms with Gasteiger partial charge in [0.25, 0.3) is 0 Å². The van der Waals surface area contributed by atoms with E-state index >= 15 is 0 Å². The van der Waals surface area contributed by atoms with E-state index < -0.39 is 6.36 Å². The summed E-state index contributed by atoms with van der Waals surface area (Å²) in [5.74, 6) is -0.477. The summed E-state index contributed by atoms with van der Waals surface area (Å²) in [6.07, 6.45) is -0.125. The lowest BCUT2D eigenvalue weighted by Crippen LogP contribution is -2.43. The molecule has 1 aliphatic carbocycles. The Morgan fingerprint density at radius 2 is 1.83 bits per heavy atom. The third-order valence-corrected chi connectivity index (χ3v) is 4.15. The van der Waals surface area contributed by atoms with Crippen LogP contribution in [0.4, 0.5) is 18.9 Å². The number of anilines is 1. The molecule has 0 radical (unpaired) electrons. The van der Waals surface area contributed by atoms with Crippen molar-refractivity contribution in [1.82, 2.24) is 4.90 Å². The number of amides is 1. The van der Waals surface area contributed by atoms with E-state index in [0.717, 1.165) is 12.8 Å². The number of hydrogen-bond acceptors (Lipinski definition) is 3. The number of nitrogens with zero attached hydrogens (tertiary/aromatic N) is 1. The lowest BCUT2D eigenvalue weighted by atomic mass is 10.1. The maximum Gasteiger partial charge on any atom is 0.573 e. The number of rotatable bonds is 6. The van der Waals surface area contributed by atoms with Gasteiger partial charge >= 0.3 is 6.36 Å². The van der Waals surface area contributed by atoms with Crippen LogP contribution in [0.5, 0.6) is 5.75 Å². The molecule has 1 aliphatic rings. The molecule has 0 bridgehead atoms. The van der Waals surface area contributed by atoms with Crippen LogP contribution in [0, 0.1) is 0 Å². The first-order valence-corrected chi connectivity index (χ1v) is 8.16. The normalized spacial score (nSPS) is 16.0. The van der Waals surface area contributed by atoms with Crippen molar-refractivity contribution in [3.8, 4) is 5.75 Å². The summed E-state index contributed by atoms with van der Waals surface area (Å²) in [6, 6.07) is 5.85. The number of nitrogens with one attached hydrogen (secondary N) is 1. The van der Waals surface area contributed by atoms with Crippen LogP contribution in [0.3, 0.4) is 0 Å². The van der Waals surface area contributed by atoms with E-state index in [1.807, 2.05) is 0 Å². The van der Waals surface area contributed by atoms with Gasteiger partial charge in [-0.15, -0.1) is 13.2 Å². The fourth-order valence-corrected chi connectivity index (χ4v) is 3.08. The highest BCUT2D eigenvalue weighted by molar-refractivity contribution is 5.92. The zero-order chi connectivity index (χ0) is 17.7. The van der Waals surface area contributed by atoms with Gasteiger partial charge in [0, 0.05) is 17.8 Å². The molecule has 2 rings (SSSR count). The number of benzene rings is 1. The number of hydrogen-bond donors (Lipinski definition) is 1. The monoisotopic (exact) mass is 344 g/mol. The Hall–Kier alpha value is -1.76. The van der Waals surface area contributed by atoms with Crippen molar-refractivity contribution in [1.29, 1.82) is 0 Å². The van der Waals surface area contributed by atoms with Gasteiger partial charge in [0.2, 0.25) is 5.91 Å². The zero-order valence-electron chi connectivity index (χ0n) is 13.9. The molecule has 1 saturated carbocycles. The molecule has 1 N–H and O–H groups in total. The molecule has 0 unspecified atom stereocenters. The Kier molecular flexibility index (Phi) is 6.10. The second-order valence-electron chi connectivity index (χ2n) is 6.32. The largest absolute Gasteiger partial charge is 0.573 e. The van der Waals surface area contributed by atoms with Crippen molar-refractivity contribution in [3.63, 3.8) is 0 Å². The van der Waals surface area contributed by atoms with Gasteiger partial charge in [-0.05, 0) is 51.0 Å². The van der Waals surface area contributed by atoms with E-state index in [1.165, 1.54) is 37.1 Å². The van der Waals surface area contributed by atoms with E-state index in [1.54, 1.807) is 0 Å². The molecule has 1 aromatic rings. The minimum Gasteiger partial charge on any atom is -0.406 e. The molecule has 134 valence electrons. The lowest BCUT2D eigenvalue weighted by molar-refractivity contribution is -0.274. The zero-order valence-corrected chi connectivity index (χ0v) is 13.9. The molecular formula is C17H23F3N2O2. The van der Waals surface area contributed by atoms with Gasteiger partial charge in [-0.3, -0.25) is 9.69 Å². The highest BCUT2D eigenvalue weighted by atomic mass is 19.4. The lowest BCUT2D eigenvalue weighted by Gasteiger charge is -2.31. The second-order valence-corrected chi connectivity index (χ2v) is 6.32. The maximum atomic E-state index is 12.2. The van der Waals surface area contributed by atoms with Gasteiger partial charge in [0.15, 0.2) is 0 Å². The quantitative estimate of drug-likeness (QED) is 0.842.